The minimum Gasteiger partial charge on any atom is -0.225 e. The van der Waals surface area contributed by atoms with E-state index in [9.17, 15) is 8.42 Å². The molecule has 4 heteroatoms. The van der Waals surface area contributed by atoms with E-state index in [0.29, 0.717) is 0 Å². The summed E-state index contributed by atoms with van der Waals surface area (Å²) >= 11 is 0. The topological polar surface area (TPSA) is 60.2 Å². The van der Waals surface area contributed by atoms with E-state index in [1.807, 2.05) is 27.7 Å². The van der Waals surface area contributed by atoms with Gasteiger partial charge in [-0.05, 0) is 12.2 Å². The highest BCUT2D eigenvalue weighted by atomic mass is 32.2. The number of nitrogens with two attached hydrogens (primary N) is 1. The maximum atomic E-state index is 10.5. The zero-order valence-electron chi connectivity index (χ0n) is 9.45. The highest BCUT2D eigenvalue weighted by Crippen LogP contribution is 2.01. The lowest BCUT2D eigenvalue weighted by Gasteiger charge is -1.93. The molecule has 0 aromatic heterocycles. The van der Waals surface area contributed by atoms with Crippen LogP contribution in [0.4, 0.5) is 0 Å². The van der Waals surface area contributed by atoms with Crippen LogP contribution in [0.3, 0.4) is 0 Å². The Morgan fingerprint density at radius 3 is 1.57 bits per heavy atom. The van der Waals surface area contributed by atoms with Crippen LogP contribution < -0.4 is 5.14 Å². The zero-order chi connectivity index (χ0) is 12.2. The van der Waals surface area contributed by atoms with Gasteiger partial charge in [-0.3, -0.25) is 0 Å². The minimum absolute atomic E-state index is 0.0255. The standard InChI is InChI=1S/C6H9NO2S.2C2H6/c1-3-5-6(4-2)10(7,8)9;2*1-2/h3-5H,1-2H2,(H2,7,8,9);2*1-2H3/b6-5+;;. The van der Waals surface area contributed by atoms with Gasteiger partial charge in [-0.25, -0.2) is 13.6 Å². The normalized spacial score (nSPS) is 9.93. The summed E-state index contributed by atoms with van der Waals surface area (Å²) in [6.07, 6.45) is 3.78. The summed E-state index contributed by atoms with van der Waals surface area (Å²) in [5, 5.41) is 4.76. The predicted octanol–water partition coefficient (Wildman–Crippen LogP) is 2.58. The van der Waals surface area contributed by atoms with Gasteiger partial charge in [0.05, 0.1) is 4.91 Å². The first-order valence-corrected chi connectivity index (χ1v) is 6.05. The Hall–Kier alpha value is -0.870. The summed E-state index contributed by atoms with van der Waals surface area (Å²) in [5.41, 5.74) is 0. The van der Waals surface area contributed by atoms with E-state index < -0.39 is 10.0 Å². The Kier molecular flexibility index (Phi) is 16.3. The van der Waals surface area contributed by atoms with Crippen LogP contribution in [0, 0.1) is 0 Å². The van der Waals surface area contributed by atoms with Crippen LogP contribution in [0.15, 0.2) is 36.3 Å². The van der Waals surface area contributed by atoms with Crippen molar-refractivity contribution in [2.45, 2.75) is 27.7 Å². The lowest BCUT2D eigenvalue weighted by Crippen LogP contribution is -2.12. The molecule has 0 aliphatic carbocycles. The average Bonchev–Trinajstić information content (AvgIpc) is 2.18. The monoisotopic (exact) mass is 219 g/mol. The van der Waals surface area contributed by atoms with Crippen LogP contribution in [0.1, 0.15) is 27.7 Å². The SMILES string of the molecule is C=C/C=C(\C=C)S(N)(=O)=O.CC.CC. The van der Waals surface area contributed by atoms with E-state index >= 15 is 0 Å². The molecule has 3 nitrogen and oxygen atoms in total. The van der Waals surface area contributed by atoms with Crippen molar-refractivity contribution in [1.29, 1.82) is 0 Å². The van der Waals surface area contributed by atoms with Crippen molar-refractivity contribution in [3.63, 3.8) is 0 Å². The molecule has 0 fully saturated rings. The van der Waals surface area contributed by atoms with Crippen LogP contribution in [-0.2, 0) is 10.0 Å². The number of allylic oxidation sites excluding steroid dienone is 3. The molecule has 2 N–H and O–H groups in total. The molecule has 0 aliphatic heterocycles. The number of hydrogen-bond acceptors (Lipinski definition) is 2. The van der Waals surface area contributed by atoms with Crippen molar-refractivity contribution in [3.05, 3.63) is 36.3 Å². The molecule has 0 bridgehead atoms. The molecule has 0 spiro atoms. The molecule has 0 unspecified atom stereocenters. The third kappa shape index (κ3) is 11.1. The lowest BCUT2D eigenvalue weighted by molar-refractivity contribution is 0.604. The number of rotatable bonds is 3. The second-order valence-corrected chi connectivity index (χ2v) is 3.12. The van der Waals surface area contributed by atoms with Crippen molar-refractivity contribution in [2.24, 2.45) is 5.14 Å². The Morgan fingerprint density at radius 2 is 1.50 bits per heavy atom. The minimum atomic E-state index is -3.61. The summed E-state index contributed by atoms with van der Waals surface area (Å²) in [4.78, 5) is -0.0255. The van der Waals surface area contributed by atoms with Gasteiger partial charge in [0, 0.05) is 0 Å². The Bertz CT molecular complexity index is 264. The van der Waals surface area contributed by atoms with Gasteiger partial charge in [0.25, 0.3) is 0 Å². The first-order chi connectivity index (χ1) is 6.52. The van der Waals surface area contributed by atoms with Gasteiger partial charge in [0.15, 0.2) is 0 Å². The van der Waals surface area contributed by atoms with Crippen LogP contribution in [0.25, 0.3) is 0 Å². The maximum Gasteiger partial charge on any atom is 0.238 e. The lowest BCUT2D eigenvalue weighted by atomic mass is 10.5. The summed E-state index contributed by atoms with van der Waals surface area (Å²) < 4.78 is 21.1. The smallest absolute Gasteiger partial charge is 0.225 e. The largest absolute Gasteiger partial charge is 0.238 e. The summed E-state index contributed by atoms with van der Waals surface area (Å²) in [6.45, 7) is 14.6. The Labute approximate surface area is 88.1 Å². The molecule has 0 heterocycles. The molecule has 84 valence electrons. The van der Waals surface area contributed by atoms with Crippen LogP contribution in [-0.4, -0.2) is 8.42 Å². The van der Waals surface area contributed by atoms with Crippen molar-refractivity contribution in [2.75, 3.05) is 0 Å². The van der Waals surface area contributed by atoms with Gasteiger partial charge in [-0.15, -0.1) is 0 Å². The summed E-state index contributed by atoms with van der Waals surface area (Å²) in [6, 6.07) is 0. The fourth-order valence-corrected chi connectivity index (χ4v) is 0.913. The first kappa shape index (κ1) is 18.8. The van der Waals surface area contributed by atoms with E-state index in [1.54, 1.807) is 0 Å². The van der Waals surface area contributed by atoms with E-state index in [-0.39, 0.29) is 4.91 Å². The average molecular weight is 219 g/mol. The van der Waals surface area contributed by atoms with E-state index in [4.69, 9.17) is 5.14 Å². The molecule has 0 saturated heterocycles. The van der Waals surface area contributed by atoms with Crippen molar-refractivity contribution in [1.82, 2.24) is 0 Å². The zero-order valence-corrected chi connectivity index (χ0v) is 10.3. The van der Waals surface area contributed by atoms with E-state index in [2.05, 4.69) is 13.2 Å². The van der Waals surface area contributed by atoms with Crippen molar-refractivity contribution >= 4 is 10.0 Å². The van der Waals surface area contributed by atoms with Gasteiger partial charge in [-0.1, -0.05) is 46.9 Å². The fraction of sp³-hybridized carbons (Fsp3) is 0.400. The molecule has 0 atom stereocenters. The van der Waals surface area contributed by atoms with Gasteiger partial charge in [0.1, 0.15) is 0 Å². The van der Waals surface area contributed by atoms with Crippen molar-refractivity contribution < 1.29 is 8.42 Å². The van der Waals surface area contributed by atoms with Crippen LogP contribution in [0.2, 0.25) is 0 Å². The second-order valence-electron chi connectivity index (χ2n) is 1.55. The first-order valence-electron chi connectivity index (χ1n) is 4.50. The molecule has 14 heavy (non-hydrogen) atoms. The maximum absolute atomic E-state index is 10.5. The van der Waals surface area contributed by atoms with Gasteiger partial charge in [-0.2, -0.15) is 0 Å². The quantitative estimate of drug-likeness (QED) is 0.742. The molecule has 0 aliphatic rings. The number of primary sulfonamides is 1. The highest BCUT2D eigenvalue weighted by Gasteiger charge is 2.04. The molecule has 0 aromatic carbocycles. The Balaban J connectivity index is -0.000000266. The molecule has 0 saturated carbocycles. The van der Waals surface area contributed by atoms with Crippen molar-refractivity contribution in [3.8, 4) is 0 Å². The summed E-state index contributed by atoms with van der Waals surface area (Å²) in [5.74, 6) is 0. The molecule has 0 amide bonds. The number of hydrogen-bond donors (Lipinski definition) is 1. The second kappa shape index (κ2) is 12.1. The number of sulfonamides is 1. The molecule has 0 rings (SSSR count). The van der Waals surface area contributed by atoms with Gasteiger partial charge in [0.2, 0.25) is 10.0 Å². The Morgan fingerprint density at radius 1 is 1.14 bits per heavy atom. The molecule has 0 radical (unpaired) electrons. The van der Waals surface area contributed by atoms with Gasteiger partial charge < -0.3 is 0 Å². The van der Waals surface area contributed by atoms with Crippen LogP contribution >= 0.6 is 0 Å². The predicted molar refractivity (Wildman–Crippen MR) is 64.3 cm³/mol. The third-order valence-corrected chi connectivity index (χ3v) is 1.77. The van der Waals surface area contributed by atoms with Crippen LogP contribution in [0.5, 0.6) is 0 Å². The molecular formula is C10H21NO2S. The third-order valence-electron chi connectivity index (χ3n) is 0.812. The van der Waals surface area contributed by atoms with Gasteiger partial charge >= 0.3 is 0 Å². The molecule has 0 aromatic rings. The molecular weight excluding hydrogens is 198 g/mol. The highest BCUT2D eigenvalue weighted by molar-refractivity contribution is 7.93. The van der Waals surface area contributed by atoms with E-state index in [0.717, 1.165) is 6.08 Å². The summed E-state index contributed by atoms with van der Waals surface area (Å²) in [7, 11) is -3.61. The van der Waals surface area contributed by atoms with E-state index in [1.165, 1.54) is 12.2 Å². The fourth-order valence-electron chi connectivity index (χ4n) is 0.395.